The maximum atomic E-state index is 13.6. The first kappa shape index (κ1) is 14.2. The summed E-state index contributed by atoms with van der Waals surface area (Å²) in [5.41, 5.74) is 0.280. The third-order valence-electron chi connectivity index (χ3n) is 3.12. The van der Waals surface area contributed by atoms with E-state index in [0.29, 0.717) is 5.69 Å². The van der Waals surface area contributed by atoms with E-state index in [9.17, 15) is 13.2 Å². The van der Waals surface area contributed by atoms with E-state index < -0.39 is 12.2 Å². The van der Waals surface area contributed by atoms with Crippen LogP contribution >= 0.6 is 0 Å². The molecular weight excluding hydrogens is 293 g/mol. The van der Waals surface area contributed by atoms with Crippen molar-refractivity contribution >= 4 is 0 Å². The van der Waals surface area contributed by atoms with Gasteiger partial charge in [0.2, 0.25) is 0 Å². The van der Waals surface area contributed by atoms with Crippen LogP contribution in [0.4, 0.5) is 13.2 Å². The van der Waals surface area contributed by atoms with Crippen molar-refractivity contribution in [3.05, 3.63) is 66.9 Å². The molecule has 3 aromatic heterocycles. The van der Waals surface area contributed by atoms with Gasteiger partial charge in [-0.25, -0.2) is 4.98 Å². The van der Waals surface area contributed by atoms with Gasteiger partial charge in [0.25, 0.3) is 0 Å². The Kier molecular flexibility index (Phi) is 3.62. The lowest BCUT2D eigenvalue weighted by atomic mass is 10.1. The van der Waals surface area contributed by atoms with Crippen LogP contribution in [0.25, 0.3) is 11.5 Å². The van der Waals surface area contributed by atoms with Crippen LogP contribution in [-0.4, -0.2) is 25.7 Å². The molecule has 0 radical (unpaired) electrons. The monoisotopic (exact) mass is 304 g/mol. The second kappa shape index (κ2) is 5.59. The largest absolute Gasteiger partial charge is 0.414 e. The Bertz CT molecular complexity index is 738. The van der Waals surface area contributed by atoms with E-state index in [4.69, 9.17) is 0 Å². The van der Waals surface area contributed by atoms with Gasteiger partial charge in [-0.3, -0.25) is 9.97 Å². The Morgan fingerprint density at radius 1 is 0.864 bits per heavy atom. The molecule has 22 heavy (non-hydrogen) atoms. The number of hydrogen-bond donors (Lipinski definition) is 0. The zero-order valence-electron chi connectivity index (χ0n) is 11.3. The molecule has 0 saturated carbocycles. The molecule has 0 unspecified atom stereocenters. The first-order valence-corrected chi connectivity index (χ1v) is 6.49. The van der Waals surface area contributed by atoms with Crippen molar-refractivity contribution in [3.63, 3.8) is 0 Å². The van der Waals surface area contributed by atoms with Gasteiger partial charge in [-0.05, 0) is 24.3 Å². The molecule has 0 spiro atoms. The fourth-order valence-corrected chi connectivity index (χ4v) is 2.22. The van der Waals surface area contributed by atoms with Crippen LogP contribution in [0.2, 0.25) is 0 Å². The van der Waals surface area contributed by atoms with Gasteiger partial charge < -0.3 is 4.57 Å². The quantitative estimate of drug-likeness (QED) is 0.744. The summed E-state index contributed by atoms with van der Waals surface area (Å²) in [4.78, 5) is 11.9. The molecule has 0 N–H and O–H groups in total. The molecule has 0 fully saturated rings. The van der Waals surface area contributed by atoms with Crippen LogP contribution in [0.3, 0.4) is 0 Å². The second-order valence-corrected chi connectivity index (χ2v) is 4.57. The van der Waals surface area contributed by atoms with E-state index in [0.717, 1.165) is 4.57 Å². The maximum Gasteiger partial charge on any atom is 0.414 e. The van der Waals surface area contributed by atoms with E-state index >= 15 is 0 Å². The first-order valence-electron chi connectivity index (χ1n) is 6.49. The molecule has 0 aromatic carbocycles. The molecule has 0 saturated heterocycles. The number of aromatic nitrogens is 4. The minimum Gasteiger partial charge on any atom is -0.312 e. The summed E-state index contributed by atoms with van der Waals surface area (Å²) in [7, 11) is 0. The van der Waals surface area contributed by atoms with Crippen LogP contribution in [0.5, 0.6) is 0 Å². The molecule has 4 nitrogen and oxygen atoms in total. The van der Waals surface area contributed by atoms with E-state index in [1.165, 1.54) is 36.9 Å². The summed E-state index contributed by atoms with van der Waals surface area (Å²) in [6.45, 7) is 0. The molecule has 3 heterocycles. The number of halogens is 3. The van der Waals surface area contributed by atoms with Crippen molar-refractivity contribution in [2.75, 3.05) is 0 Å². The summed E-state index contributed by atoms with van der Waals surface area (Å²) in [6, 6.07) is 7.54. The Morgan fingerprint density at radius 2 is 1.59 bits per heavy atom. The highest BCUT2D eigenvalue weighted by Gasteiger charge is 2.44. The fraction of sp³-hybridized carbons (Fsp3) is 0.133. The number of rotatable bonds is 3. The van der Waals surface area contributed by atoms with Crippen LogP contribution in [0.15, 0.2) is 61.2 Å². The average molecular weight is 304 g/mol. The van der Waals surface area contributed by atoms with Gasteiger partial charge >= 0.3 is 6.18 Å². The highest BCUT2D eigenvalue weighted by molar-refractivity contribution is 5.50. The first-order chi connectivity index (χ1) is 10.6. The standard InChI is InChI=1S/C15H11F3N4/c16-15(17,18)13(11-5-1-3-7-19-11)22-10-9-21-14(22)12-6-2-4-8-20-12/h1-10,13H/t13-/m1/s1. The lowest BCUT2D eigenvalue weighted by molar-refractivity contribution is -0.157. The second-order valence-electron chi connectivity index (χ2n) is 4.57. The number of imidazole rings is 1. The molecule has 1 atom stereocenters. The minimum absolute atomic E-state index is 0.0924. The predicted molar refractivity (Wildman–Crippen MR) is 73.9 cm³/mol. The number of nitrogens with zero attached hydrogens (tertiary/aromatic N) is 4. The average Bonchev–Trinajstić information content (AvgIpc) is 2.97. The van der Waals surface area contributed by atoms with Gasteiger partial charge in [0, 0.05) is 24.8 Å². The molecule has 0 aliphatic heterocycles. The number of alkyl halides is 3. The lowest BCUT2D eigenvalue weighted by Crippen LogP contribution is -2.28. The van der Waals surface area contributed by atoms with Crippen LogP contribution in [-0.2, 0) is 0 Å². The molecule has 0 amide bonds. The van der Waals surface area contributed by atoms with Gasteiger partial charge in [-0.15, -0.1) is 0 Å². The van der Waals surface area contributed by atoms with Gasteiger partial charge in [0.15, 0.2) is 11.9 Å². The van der Waals surface area contributed by atoms with E-state index in [1.807, 2.05) is 0 Å². The molecule has 0 aliphatic carbocycles. The van der Waals surface area contributed by atoms with Crippen molar-refractivity contribution in [3.8, 4) is 11.5 Å². The van der Waals surface area contributed by atoms with Crippen molar-refractivity contribution in [1.29, 1.82) is 0 Å². The summed E-state index contributed by atoms with van der Waals surface area (Å²) in [5.74, 6) is 0.147. The molecule has 0 bridgehead atoms. The topological polar surface area (TPSA) is 43.6 Å². The third-order valence-corrected chi connectivity index (χ3v) is 3.12. The van der Waals surface area contributed by atoms with Gasteiger partial charge in [0.1, 0.15) is 5.69 Å². The van der Waals surface area contributed by atoms with E-state index in [2.05, 4.69) is 15.0 Å². The van der Waals surface area contributed by atoms with E-state index in [1.54, 1.807) is 24.3 Å². The summed E-state index contributed by atoms with van der Waals surface area (Å²) in [6.07, 6.45) is 0.963. The molecule has 3 rings (SSSR count). The van der Waals surface area contributed by atoms with Gasteiger partial charge in [0.05, 0.1) is 5.69 Å². The molecule has 7 heteroatoms. The normalized spacial score (nSPS) is 13.0. The molecule has 3 aromatic rings. The molecule has 112 valence electrons. The SMILES string of the molecule is FC(F)(F)[C@@H](c1ccccn1)n1ccnc1-c1ccccn1. The van der Waals surface area contributed by atoms with Gasteiger partial charge in [-0.2, -0.15) is 13.2 Å². The summed E-state index contributed by atoms with van der Waals surface area (Å²) >= 11 is 0. The van der Waals surface area contributed by atoms with Crippen molar-refractivity contribution in [2.24, 2.45) is 0 Å². The Hall–Kier alpha value is -2.70. The number of pyridine rings is 2. The van der Waals surface area contributed by atoms with Crippen LogP contribution in [0, 0.1) is 0 Å². The predicted octanol–water partition coefficient (Wildman–Crippen LogP) is 3.49. The van der Waals surface area contributed by atoms with Crippen LogP contribution in [0.1, 0.15) is 11.7 Å². The van der Waals surface area contributed by atoms with E-state index in [-0.39, 0.29) is 11.5 Å². The molecular formula is C15H11F3N4. The Balaban J connectivity index is 2.14. The summed E-state index contributed by atoms with van der Waals surface area (Å²) in [5, 5.41) is 0. The molecule has 0 aliphatic rings. The zero-order chi connectivity index (χ0) is 15.6. The zero-order valence-corrected chi connectivity index (χ0v) is 11.3. The van der Waals surface area contributed by atoms with Gasteiger partial charge in [-0.1, -0.05) is 12.1 Å². The third kappa shape index (κ3) is 2.69. The van der Waals surface area contributed by atoms with Crippen molar-refractivity contribution in [1.82, 2.24) is 19.5 Å². The van der Waals surface area contributed by atoms with Crippen LogP contribution < -0.4 is 0 Å². The lowest BCUT2D eigenvalue weighted by Gasteiger charge is -2.22. The number of hydrogen-bond acceptors (Lipinski definition) is 3. The Morgan fingerprint density at radius 3 is 2.18 bits per heavy atom. The highest BCUT2D eigenvalue weighted by Crippen LogP contribution is 2.37. The highest BCUT2D eigenvalue weighted by atomic mass is 19.4. The Labute approximate surface area is 124 Å². The fourth-order valence-electron chi connectivity index (χ4n) is 2.22. The van der Waals surface area contributed by atoms with Crippen molar-refractivity contribution < 1.29 is 13.2 Å². The smallest absolute Gasteiger partial charge is 0.312 e. The van der Waals surface area contributed by atoms with Crippen molar-refractivity contribution in [2.45, 2.75) is 12.2 Å². The maximum absolute atomic E-state index is 13.6. The minimum atomic E-state index is -4.50. The summed E-state index contributed by atoms with van der Waals surface area (Å²) < 4.78 is 41.7.